The van der Waals surface area contributed by atoms with Gasteiger partial charge >= 0.3 is 0 Å². The Bertz CT molecular complexity index is 869. The summed E-state index contributed by atoms with van der Waals surface area (Å²) in [6.45, 7) is 6.67. The lowest BCUT2D eigenvalue weighted by Gasteiger charge is -2.23. The van der Waals surface area contributed by atoms with Crippen LogP contribution in [0.2, 0.25) is 0 Å². The number of nitrogens with zero attached hydrogens (tertiary/aromatic N) is 4. The molecule has 6 heteroatoms. The lowest BCUT2D eigenvalue weighted by molar-refractivity contribution is -0.0945. The summed E-state index contributed by atoms with van der Waals surface area (Å²) in [7, 11) is 0. The smallest absolute Gasteiger partial charge is 0.177 e. The van der Waals surface area contributed by atoms with Crippen molar-refractivity contribution in [1.82, 2.24) is 19.7 Å². The molecule has 1 aromatic carbocycles. The van der Waals surface area contributed by atoms with Gasteiger partial charge in [0.1, 0.15) is 11.8 Å². The molecule has 1 atom stereocenters. The summed E-state index contributed by atoms with van der Waals surface area (Å²) in [4.78, 5) is 9.52. The number of benzene rings is 1. The van der Waals surface area contributed by atoms with Crippen LogP contribution >= 0.6 is 0 Å². The van der Waals surface area contributed by atoms with E-state index in [0.717, 1.165) is 28.2 Å². The van der Waals surface area contributed by atoms with Crippen molar-refractivity contribution in [2.45, 2.75) is 32.4 Å². The maximum Gasteiger partial charge on any atom is 0.177 e. The van der Waals surface area contributed by atoms with Crippen LogP contribution in [0, 0.1) is 0 Å². The summed E-state index contributed by atoms with van der Waals surface area (Å²) >= 11 is 0. The van der Waals surface area contributed by atoms with E-state index in [-0.39, 0.29) is 12.0 Å². The van der Waals surface area contributed by atoms with E-state index in [1.165, 1.54) is 0 Å². The average molecular weight is 338 g/mol. The molecular formula is C19H22N4O2. The number of hydrogen-bond acceptors (Lipinski definition) is 5. The lowest BCUT2D eigenvalue weighted by atomic mass is 10.2. The van der Waals surface area contributed by atoms with Gasteiger partial charge in [-0.25, -0.2) is 14.6 Å². The van der Waals surface area contributed by atoms with Crippen molar-refractivity contribution >= 4 is 10.9 Å². The van der Waals surface area contributed by atoms with E-state index in [1.54, 1.807) is 0 Å². The Hall–Kier alpha value is -2.31. The Morgan fingerprint density at radius 2 is 2.00 bits per heavy atom. The number of hydrogen-bond donors (Lipinski definition) is 0. The fourth-order valence-electron chi connectivity index (χ4n) is 2.95. The largest absolute Gasteiger partial charge is 0.376 e. The molecule has 0 spiro atoms. The van der Waals surface area contributed by atoms with Crippen molar-refractivity contribution in [2.24, 2.45) is 0 Å². The van der Waals surface area contributed by atoms with Crippen LogP contribution in [0.1, 0.15) is 25.6 Å². The highest BCUT2D eigenvalue weighted by atomic mass is 16.6. The number of pyridine rings is 1. The number of ether oxygens (including phenoxy) is 2. The molecule has 1 unspecified atom stereocenters. The molecule has 1 aliphatic heterocycles. The van der Waals surface area contributed by atoms with Gasteiger partial charge in [0, 0.05) is 11.3 Å². The Kier molecular flexibility index (Phi) is 4.46. The first-order valence-corrected chi connectivity index (χ1v) is 8.71. The second kappa shape index (κ2) is 6.90. The lowest BCUT2D eigenvalue weighted by Crippen LogP contribution is -2.32. The van der Waals surface area contributed by atoms with Gasteiger partial charge in [-0.3, -0.25) is 0 Å². The van der Waals surface area contributed by atoms with Gasteiger partial charge in [0.2, 0.25) is 0 Å². The fourth-order valence-corrected chi connectivity index (χ4v) is 2.95. The van der Waals surface area contributed by atoms with E-state index in [0.29, 0.717) is 26.4 Å². The van der Waals surface area contributed by atoms with Crippen LogP contribution in [0.3, 0.4) is 0 Å². The highest BCUT2D eigenvalue weighted by molar-refractivity contribution is 5.80. The first kappa shape index (κ1) is 16.2. The van der Waals surface area contributed by atoms with Crippen LogP contribution in [0.5, 0.6) is 0 Å². The van der Waals surface area contributed by atoms with Crippen LogP contribution in [-0.4, -0.2) is 45.7 Å². The zero-order valence-electron chi connectivity index (χ0n) is 14.6. The molecule has 0 radical (unpaired) electrons. The van der Waals surface area contributed by atoms with Gasteiger partial charge in [0.25, 0.3) is 0 Å². The molecule has 0 saturated carbocycles. The summed E-state index contributed by atoms with van der Waals surface area (Å²) in [5.41, 5.74) is 1.78. The molecule has 25 heavy (non-hydrogen) atoms. The van der Waals surface area contributed by atoms with Gasteiger partial charge in [-0.15, -0.1) is 0 Å². The highest BCUT2D eigenvalue weighted by Gasteiger charge is 2.21. The number of fused-ring (bicyclic) bond motifs is 1. The summed E-state index contributed by atoms with van der Waals surface area (Å²) in [5, 5.41) is 5.81. The molecular weight excluding hydrogens is 316 g/mol. The van der Waals surface area contributed by atoms with Crippen LogP contribution in [0.15, 0.2) is 36.4 Å². The van der Waals surface area contributed by atoms with E-state index in [9.17, 15) is 0 Å². The second-order valence-corrected chi connectivity index (χ2v) is 6.59. The van der Waals surface area contributed by atoms with Crippen molar-refractivity contribution in [3.8, 4) is 11.5 Å². The Labute approximate surface area is 146 Å². The van der Waals surface area contributed by atoms with Crippen molar-refractivity contribution in [3.63, 3.8) is 0 Å². The number of rotatable bonds is 4. The summed E-state index contributed by atoms with van der Waals surface area (Å²) in [6, 6.07) is 12.2. The maximum atomic E-state index is 5.78. The molecule has 1 aliphatic rings. The summed E-state index contributed by atoms with van der Waals surface area (Å²) in [6.07, 6.45) is -0.00494. The standard InChI is InChI=1S/C19H22N4O2/c1-13(2)18-21-19(23(22-18)11-15-12-24-9-10-25-15)17-8-7-14-5-3-4-6-16(14)20-17/h3-8,13,15H,9-12H2,1-2H3. The third kappa shape index (κ3) is 3.41. The quantitative estimate of drug-likeness (QED) is 0.732. The molecule has 3 aromatic rings. The predicted octanol–water partition coefficient (Wildman–Crippen LogP) is 3.03. The zero-order chi connectivity index (χ0) is 17.2. The normalized spacial score (nSPS) is 18.1. The van der Waals surface area contributed by atoms with E-state index in [2.05, 4.69) is 26.0 Å². The SMILES string of the molecule is CC(C)c1nc(-c2ccc3ccccc3n2)n(CC2COCCO2)n1. The van der Waals surface area contributed by atoms with Gasteiger partial charge in [-0.05, 0) is 12.1 Å². The van der Waals surface area contributed by atoms with E-state index in [1.807, 2.05) is 28.9 Å². The van der Waals surface area contributed by atoms with Gasteiger partial charge in [-0.1, -0.05) is 38.1 Å². The highest BCUT2D eigenvalue weighted by Crippen LogP contribution is 2.22. The van der Waals surface area contributed by atoms with Gasteiger partial charge in [0.05, 0.1) is 31.9 Å². The first-order valence-electron chi connectivity index (χ1n) is 8.71. The predicted molar refractivity (Wildman–Crippen MR) is 95.4 cm³/mol. The van der Waals surface area contributed by atoms with Crippen LogP contribution < -0.4 is 0 Å². The first-order chi connectivity index (χ1) is 12.2. The Balaban J connectivity index is 1.72. The minimum atomic E-state index is -0.00494. The third-order valence-corrected chi connectivity index (χ3v) is 4.29. The molecule has 0 aliphatic carbocycles. The molecule has 1 saturated heterocycles. The Morgan fingerprint density at radius 3 is 2.80 bits per heavy atom. The van der Waals surface area contributed by atoms with E-state index in [4.69, 9.17) is 24.5 Å². The number of aromatic nitrogens is 4. The van der Waals surface area contributed by atoms with Crippen LogP contribution in [0.25, 0.3) is 22.4 Å². The number of para-hydroxylation sites is 1. The molecule has 0 amide bonds. The van der Waals surface area contributed by atoms with Crippen molar-refractivity contribution in [1.29, 1.82) is 0 Å². The Morgan fingerprint density at radius 1 is 1.12 bits per heavy atom. The molecule has 1 fully saturated rings. The van der Waals surface area contributed by atoms with Crippen LogP contribution in [-0.2, 0) is 16.0 Å². The molecule has 6 nitrogen and oxygen atoms in total. The molecule has 0 N–H and O–H groups in total. The second-order valence-electron chi connectivity index (χ2n) is 6.59. The van der Waals surface area contributed by atoms with Gasteiger partial charge in [0.15, 0.2) is 11.6 Å². The fraction of sp³-hybridized carbons (Fsp3) is 0.421. The summed E-state index contributed by atoms with van der Waals surface area (Å²) in [5.74, 6) is 1.86. The molecule has 130 valence electrons. The van der Waals surface area contributed by atoms with Crippen molar-refractivity contribution in [2.75, 3.05) is 19.8 Å². The van der Waals surface area contributed by atoms with Gasteiger partial charge in [-0.2, -0.15) is 5.10 Å². The topological polar surface area (TPSA) is 62.1 Å². The van der Waals surface area contributed by atoms with Crippen molar-refractivity contribution < 1.29 is 9.47 Å². The maximum absolute atomic E-state index is 5.78. The molecule has 4 rings (SSSR count). The average Bonchev–Trinajstić information content (AvgIpc) is 3.06. The summed E-state index contributed by atoms with van der Waals surface area (Å²) < 4.78 is 13.2. The molecule has 2 aromatic heterocycles. The van der Waals surface area contributed by atoms with E-state index < -0.39 is 0 Å². The zero-order valence-corrected chi connectivity index (χ0v) is 14.6. The van der Waals surface area contributed by atoms with Crippen molar-refractivity contribution in [3.05, 3.63) is 42.2 Å². The minimum absolute atomic E-state index is 0.00494. The third-order valence-electron chi connectivity index (χ3n) is 4.29. The van der Waals surface area contributed by atoms with E-state index >= 15 is 0 Å². The van der Waals surface area contributed by atoms with Gasteiger partial charge < -0.3 is 9.47 Å². The molecule has 3 heterocycles. The van der Waals surface area contributed by atoms with Crippen LogP contribution in [0.4, 0.5) is 0 Å². The monoisotopic (exact) mass is 338 g/mol. The minimum Gasteiger partial charge on any atom is -0.376 e. The molecule has 0 bridgehead atoms.